The fourth-order valence-electron chi connectivity index (χ4n) is 1.93. The van der Waals surface area contributed by atoms with Gasteiger partial charge in [0.05, 0.1) is 0 Å². The SMILES string of the molecule is CCCCCNCCN(C)C1CCSC1. The van der Waals surface area contributed by atoms with E-state index < -0.39 is 0 Å². The summed E-state index contributed by atoms with van der Waals surface area (Å²) in [6.45, 7) is 5.81. The molecule has 0 aliphatic carbocycles. The molecule has 0 aromatic carbocycles. The van der Waals surface area contributed by atoms with Gasteiger partial charge in [0.15, 0.2) is 0 Å². The lowest BCUT2D eigenvalue weighted by Crippen LogP contribution is -2.37. The van der Waals surface area contributed by atoms with Crippen molar-refractivity contribution in [3.8, 4) is 0 Å². The van der Waals surface area contributed by atoms with Crippen LogP contribution in [0.2, 0.25) is 0 Å². The third-order valence-electron chi connectivity index (χ3n) is 3.13. The average Bonchev–Trinajstić information content (AvgIpc) is 2.76. The minimum Gasteiger partial charge on any atom is -0.315 e. The first-order valence-electron chi connectivity index (χ1n) is 6.33. The van der Waals surface area contributed by atoms with Crippen LogP contribution in [0.5, 0.6) is 0 Å². The van der Waals surface area contributed by atoms with Gasteiger partial charge in [-0.3, -0.25) is 0 Å². The van der Waals surface area contributed by atoms with Crippen LogP contribution in [0.3, 0.4) is 0 Å². The van der Waals surface area contributed by atoms with Crippen molar-refractivity contribution in [2.75, 3.05) is 38.2 Å². The predicted octanol–water partition coefficient (Wildman–Crippen LogP) is 2.20. The number of likely N-dealkylation sites (N-methyl/N-ethyl adjacent to an activating group) is 1. The summed E-state index contributed by atoms with van der Waals surface area (Å²) in [5.74, 6) is 2.70. The van der Waals surface area contributed by atoms with E-state index in [1.807, 2.05) is 0 Å². The van der Waals surface area contributed by atoms with Crippen molar-refractivity contribution in [3.05, 3.63) is 0 Å². The highest BCUT2D eigenvalue weighted by Crippen LogP contribution is 2.20. The maximum Gasteiger partial charge on any atom is 0.0191 e. The molecular formula is C12H26N2S. The number of thioether (sulfide) groups is 1. The Kier molecular flexibility index (Phi) is 7.49. The van der Waals surface area contributed by atoms with Crippen LogP contribution in [-0.4, -0.2) is 49.1 Å². The molecule has 1 fully saturated rings. The Morgan fingerprint density at radius 3 is 2.87 bits per heavy atom. The first-order valence-corrected chi connectivity index (χ1v) is 7.48. The molecule has 1 unspecified atom stereocenters. The molecule has 1 aliphatic rings. The molecule has 0 aromatic rings. The van der Waals surface area contributed by atoms with Gasteiger partial charge >= 0.3 is 0 Å². The summed E-state index contributed by atoms with van der Waals surface area (Å²) in [4.78, 5) is 2.52. The highest BCUT2D eigenvalue weighted by Gasteiger charge is 2.18. The minimum absolute atomic E-state index is 0.840. The molecule has 1 heterocycles. The Bertz CT molecular complexity index is 147. The van der Waals surface area contributed by atoms with Gasteiger partial charge in [-0.2, -0.15) is 11.8 Å². The maximum absolute atomic E-state index is 3.53. The van der Waals surface area contributed by atoms with Crippen molar-refractivity contribution in [1.29, 1.82) is 0 Å². The van der Waals surface area contributed by atoms with Crippen molar-refractivity contribution in [2.24, 2.45) is 0 Å². The topological polar surface area (TPSA) is 15.3 Å². The summed E-state index contributed by atoms with van der Waals surface area (Å²) in [5, 5.41) is 3.53. The molecule has 3 heteroatoms. The van der Waals surface area contributed by atoms with Crippen molar-refractivity contribution in [1.82, 2.24) is 10.2 Å². The monoisotopic (exact) mass is 230 g/mol. The molecule has 1 atom stereocenters. The number of hydrogen-bond acceptors (Lipinski definition) is 3. The lowest BCUT2D eigenvalue weighted by molar-refractivity contribution is 0.262. The van der Waals surface area contributed by atoms with Crippen molar-refractivity contribution >= 4 is 11.8 Å². The summed E-state index contributed by atoms with van der Waals surface area (Å²) in [5.41, 5.74) is 0. The fraction of sp³-hybridized carbons (Fsp3) is 1.00. The Labute approximate surface area is 99.2 Å². The highest BCUT2D eigenvalue weighted by atomic mass is 32.2. The highest BCUT2D eigenvalue weighted by molar-refractivity contribution is 7.99. The van der Waals surface area contributed by atoms with Gasteiger partial charge in [0.25, 0.3) is 0 Å². The van der Waals surface area contributed by atoms with Gasteiger partial charge in [-0.05, 0) is 32.2 Å². The Balaban J connectivity index is 1.90. The van der Waals surface area contributed by atoms with Crippen molar-refractivity contribution in [2.45, 2.75) is 38.6 Å². The minimum atomic E-state index is 0.840. The number of rotatable bonds is 8. The molecular weight excluding hydrogens is 204 g/mol. The van der Waals surface area contributed by atoms with E-state index in [9.17, 15) is 0 Å². The second-order valence-electron chi connectivity index (χ2n) is 4.46. The Morgan fingerprint density at radius 1 is 1.33 bits per heavy atom. The first-order chi connectivity index (χ1) is 7.34. The van der Waals surface area contributed by atoms with E-state index >= 15 is 0 Å². The van der Waals surface area contributed by atoms with Gasteiger partial charge in [-0.1, -0.05) is 19.8 Å². The van der Waals surface area contributed by atoms with E-state index in [1.54, 1.807) is 0 Å². The third kappa shape index (κ3) is 5.79. The van der Waals surface area contributed by atoms with Crippen LogP contribution < -0.4 is 5.32 Å². The average molecular weight is 230 g/mol. The molecule has 0 bridgehead atoms. The van der Waals surface area contributed by atoms with Crippen molar-refractivity contribution in [3.63, 3.8) is 0 Å². The summed E-state index contributed by atoms with van der Waals surface area (Å²) >= 11 is 2.10. The second-order valence-corrected chi connectivity index (χ2v) is 5.60. The smallest absolute Gasteiger partial charge is 0.0191 e. The van der Waals surface area contributed by atoms with Gasteiger partial charge < -0.3 is 10.2 Å². The molecule has 0 amide bonds. The van der Waals surface area contributed by atoms with E-state index in [0.29, 0.717) is 0 Å². The van der Waals surface area contributed by atoms with E-state index in [1.165, 1.54) is 50.3 Å². The molecule has 1 rings (SSSR count). The zero-order valence-electron chi connectivity index (χ0n) is 10.3. The third-order valence-corrected chi connectivity index (χ3v) is 4.27. The molecule has 1 saturated heterocycles. The van der Waals surface area contributed by atoms with Crippen LogP contribution >= 0.6 is 11.8 Å². The van der Waals surface area contributed by atoms with E-state index in [0.717, 1.165) is 12.6 Å². The molecule has 1 aliphatic heterocycles. The van der Waals surface area contributed by atoms with Crippen LogP contribution in [-0.2, 0) is 0 Å². The van der Waals surface area contributed by atoms with Crippen LogP contribution in [0.1, 0.15) is 32.6 Å². The summed E-state index contributed by atoms with van der Waals surface area (Å²) < 4.78 is 0. The molecule has 0 radical (unpaired) electrons. The lowest BCUT2D eigenvalue weighted by atomic mass is 10.2. The summed E-state index contributed by atoms with van der Waals surface area (Å²) in [6.07, 6.45) is 5.40. The number of nitrogens with one attached hydrogen (secondary N) is 1. The normalized spacial score (nSPS) is 21.4. The van der Waals surface area contributed by atoms with Gasteiger partial charge in [-0.15, -0.1) is 0 Å². The number of hydrogen-bond donors (Lipinski definition) is 1. The molecule has 0 spiro atoms. The van der Waals surface area contributed by atoms with Gasteiger partial charge in [0.2, 0.25) is 0 Å². The maximum atomic E-state index is 3.53. The summed E-state index contributed by atoms with van der Waals surface area (Å²) in [6, 6.07) is 0.840. The first kappa shape index (κ1) is 13.3. The lowest BCUT2D eigenvalue weighted by Gasteiger charge is -2.23. The van der Waals surface area contributed by atoms with Gasteiger partial charge in [0, 0.05) is 24.9 Å². The zero-order chi connectivity index (χ0) is 10.9. The molecule has 0 aromatic heterocycles. The van der Waals surface area contributed by atoms with Crippen LogP contribution in [0.25, 0.3) is 0 Å². The molecule has 1 N–H and O–H groups in total. The van der Waals surface area contributed by atoms with Crippen LogP contribution in [0, 0.1) is 0 Å². The Hall–Kier alpha value is 0.270. The standard InChI is InChI=1S/C12H26N2S/c1-3-4-5-7-13-8-9-14(2)12-6-10-15-11-12/h12-13H,3-11H2,1-2H3. The largest absolute Gasteiger partial charge is 0.315 e. The van der Waals surface area contributed by atoms with Crippen molar-refractivity contribution < 1.29 is 0 Å². The molecule has 2 nitrogen and oxygen atoms in total. The fourth-order valence-corrected chi connectivity index (χ4v) is 3.23. The quantitative estimate of drug-likeness (QED) is 0.644. The van der Waals surface area contributed by atoms with Crippen LogP contribution in [0.4, 0.5) is 0 Å². The van der Waals surface area contributed by atoms with E-state index in [-0.39, 0.29) is 0 Å². The number of nitrogens with zero attached hydrogens (tertiary/aromatic N) is 1. The van der Waals surface area contributed by atoms with Gasteiger partial charge in [0.1, 0.15) is 0 Å². The predicted molar refractivity (Wildman–Crippen MR) is 70.8 cm³/mol. The van der Waals surface area contributed by atoms with E-state index in [2.05, 4.69) is 35.9 Å². The molecule has 0 saturated carbocycles. The zero-order valence-corrected chi connectivity index (χ0v) is 11.1. The molecule has 15 heavy (non-hydrogen) atoms. The number of unbranched alkanes of at least 4 members (excludes halogenated alkanes) is 2. The van der Waals surface area contributed by atoms with Crippen LogP contribution in [0.15, 0.2) is 0 Å². The van der Waals surface area contributed by atoms with E-state index in [4.69, 9.17) is 0 Å². The summed E-state index contributed by atoms with van der Waals surface area (Å²) in [7, 11) is 2.27. The second kappa shape index (κ2) is 8.43. The van der Waals surface area contributed by atoms with Gasteiger partial charge in [-0.25, -0.2) is 0 Å². The Morgan fingerprint density at radius 2 is 2.20 bits per heavy atom. The molecule has 90 valence electrons.